The third kappa shape index (κ3) is 5.91. The van der Waals surface area contributed by atoms with Gasteiger partial charge in [-0.3, -0.25) is 4.55 Å². The van der Waals surface area contributed by atoms with E-state index in [1.165, 1.54) is 0 Å². The fourth-order valence-electron chi connectivity index (χ4n) is 0.149. The Morgan fingerprint density at radius 2 is 2.43 bits per heavy atom. The Kier molecular flexibility index (Phi) is 1.25. The SMILES string of the molecule is [2H]C([2H])CCS(=O)(=O)O. The van der Waals surface area contributed by atoms with E-state index in [1.54, 1.807) is 0 Å². The predicted octanol–water partition coefficient (Wildman–Crippen LogP) is 0.284. The Balaban J connectivity index is 3.53. The van der Waals surface area contributed by atoms with Crippen molar-refractivity contribution in [1.29, 1.82) is 0 Å². The maximum absolute atomic E-state index is 9.92. The van der Waals surface area contributed by atoms with Crippen LogP contribution in [0.1, 0.15) is 16.0 Å². The summed E-state index contributed by atoms with van der Waals surface area (Å²) in [5.74, 6) is -0.495. The summed E-state index contributed by atoms with van der Waals surface area (Å²) in [6.45, 7) is -1.17. The molecule has 0 saturated heterocycles. The quantitative estimate of drug-likeness (QED) is 0.541. The standard InChI is InChI=1S/C3H8O3S/c1-2-3-7(4,5)6/h2-3H2,1H3,(H,4,5,6)/i1D2. The third-order valence-electron chi connectivity index (χ3n) is 0.376. The van der Waals surface area contributed by atoms with Gasteiger partial charge in [-0.1, -0.05) is 6.88 Å². The second-order valence-electron chi connectivity index (χ2n) is 1.07. The molecular formula is C3H8O3S. The smallest absolute Gasteiger partial charge is 0.264 e. The zero-order valence-corrected chi connectivity index (χ0v) is 4.48. The molecule has 0 aromatic heterocycles. The van der Waals surface area contributed by atoms with Crippen LogP contribution in [0.25, 0.3) is 0 Å². The summed E-state index contributed by atoms with van der Waals surface area (Å²) in [6.07, 6.45) is -0.140. The highest BCUT2D eigenvalue weighted by atomic mass is 32.2. The van der Waals surface area contributed by atoms with Gasteiger partial charge in [-0.15, -0.1) is 0 Å². The van der Waals surface area contributed by atoms with E-state index in [9.17, 15) is 8.42 Å². The topological polar surface area (TPSA) is 54.4 Å². The van der Waals surface area contributed by atoms with Gasteiger partial charge in [0.25, 0.3) is 10.1 Å². The Morgan fingerprint density at radius 3 is 2.57 bits per heavy atom. The van der Waals surface area contributed by atoms with Gasteiger partial charge in [0, 0.05) is 2.74 Å². The van der Waals surface area contributed by atoms with Gasteiger partial charge in [-0.2, -0.15) is 8.42 Å². The van der Waals surface area contributed by atoms with Crippen LogP contribution in [0, 0.1) is 0 Å². The van der Waals surface area contributed by atoms with Gasteiger partial charge < -0.3 is 0 Å². The van der Waals surface area contributed by atoms with Crippen molar-refractivity contribution in [3.05, 3.63) is 0 Å². The summed E-state index contributed by atoms with van der Waals surface area (Å²) in [5.41, 5.74) is 0. The Hall–Kier alpha value is -0.0900. The van der Waals surface area contributed by atoms with E-state index in [1.807, 2.05) is 0 Å². The average Bonchev–Trinajstić information content (AvgIpc) is 1.59. The molecule has 0 aliphatic rings. The largest absolute Gasteiger partial charge is 0.286 e. The van der Waals surface area contributed by atoms with E-state index in [0.717, 1.165) is 0 Å². The average molecular weight is 126 g/mol. The molecule has 0 aromatic carbocycles. The highest BCUT2D eigenvalue weighted by Gasteiger charge is 1.98. The van der Waals surface area contributed by atoms with E-state index in [4.69, 9.17) is 7.29 Å². The van der Waals surface area contributed by atoms with Gasteiger partial charge in [0.1, 0.15) is 0 Å². The van der Waals surface area contributed by atoms with Gasteiger partial charge in [-0.05, 0) is 6.42 Å². The van der Waals surface area contributed by atoms with E-state index in [0.29, 0.717) is 0 Å². The molecule has 3 nitrogen and oxygen atoms in total. The van der Waals surface area contributed by atoms with Crippen LogP contribution in [0.4, 0.5) is 0 Å². The molecule has 0 heterocycles. The molecule has 0 rings (SSSR count). The predicted molar refractivity (Wildman–Crippen MR) is 26.7 cm³/mol. The van der Waals surface area contributed by atoms with Gasteiger partial charge in [0.2, 0.25) is 0 Å². The van der Waals surface area contributed by atoms with Crippen molar-refractivity contribution in [2.45, 2.75) is 13.3 Å². The van der Waals surface area contributed by atoms with E-state index in [2.05, 4.69) is 0 Å². The third-order valence-corrected chi connectivity index (χ3v) is 1.13. The summed E-state index contributed by atoms with van der Waals surface area (Å²) >= 11 is 0. The van der Waals surface area contributed by atoms with Crippen molar-refractivity contribution in [1.82, 2.24) is 0 Å². The monoisotopic (exact) mass is 126 g/mol. The van der Waals surface area contributed by atoms with Crippen molar-refractivity contribution < 1.29 is 15.7 Å². The fraction of sp³-hybridized carbons (Fsp3) is 1.00. The van der Waals surface area contributed by atoms with Crippen LogP contribution in [0.3, 0.4) is 0 Å². The lowest BCUT2D eigenvalue weighted by Crippen LogP contribution is -2.01. The molecule has 0 saturated carbocycles. The first-order chi connectivity index (χ1) is 3.92. The minimum Gasteiger partial charge on any atom is -0.286 e. The molecule has 0 unspecified atom stereocenters. The minimum absolute atomic E-state index is 0.140. The molecule has 0 spiro atoms. The summed E-state index contributed by atoms with van der Waals surface area (Å²) in [5, 5.41) is 0. The summed E-state index contributed by atoms with van der Waals surface area (Å²) in [6, 6.07) is 0. The highest BCUT2D eigenvalue weighted by molar-refractivity contribution is 7.85. The first-order valence-electron chi connectivity index (χ1n) is 2.87. The van der Waals surface area contributed by atoms with Gasteiger partial charge in [0.15, 0.2) is 0 Å². The van der Waals surface area contributed by atoms with Crippen molar-refractivity contribution in [3.8, 4) is 0 Å². The summed E-state index contributed by atoms with van der Waals surface area (Å²) in [4.78, 5) is 0. The lowest BCUT2D eigenvalue weighted by Gasteiger charge is -1.85. The van der Waals surface area contributed by atoms with Crippen molar-refractivity contribution >= 4 is 10.1 Å². The van der Waals surface area contributed by atoms with Crippen molar-refractivity contribution in [3.63, 3.8) is 0 Å². The molecule has 7 heavy (non-hydrogen) atoms. The zero-order valence-electron chi connectivity index (χ0n) is 5.66. The van der Waals surface area contributed by atoms with E-state index < -0.39 is 22.7 Å². The van der Waals surface area contributed by atoms with Crippen molar-refractivity contribution in [2.24, 2.45) is 0 Å². The molecule has 0 radical (unpaired) electrons. The molecule has 0 aliphatic heterocycles. The van der Waals surface area contributed by atoms with Gasteiger partial charge in [-0.25, -0.2) is 0 Å². The van der Waals surface area contributed by atoms with Crippen LogP contribution in [0.5, 0.6) is 0 Å². The highest BCUT2D eigenvalue weighted by Crippen LogP contribution is 1.83. The number of rotatable bonds is 2. The fourth-order valence-corrected chi connectivity index (χ4v) is 0.447. The molecule has 0 atom stereocenters. The van der Waals surface area contributed by atoms with Crippen LogP contribution < -0.4 is 0 Å². The van der Waals surface area contributed by atoms with Crippen LogP contribution in [-0.2, 0) is 10.1 Å². The Morgan fingerprint density at radius 1 is 1.86 bits per heavy atom. The first-order valence-corrected chi connectivity index (χ1v) is 3.32. The van der Waals surface area contributed by atoms with E-state index >= 15 is 0 Å². The molecule has 4 heteroatoms. The Bertz CT molecular complexity index is 162. The van der Waals surface area contributed by atoms with Crippen LogP contribution >= 0.6 is 0 Å². The van der Waals surface area contributed by atoms with Gasteiger partial charge in [0.05, 0.1) is 5.75 Å². The van der Waals surface area contributed by atoms with Crippen LogP contribution in [-0.4, -0.2) is 18.7 Å². The molecule has 0 fully saturated rings. The lowest BCUT2D eigenvalue weighted by atomic mass is 10.6. The first kappa shape index (κ1) is 3.86. The van der Waals surface area contributed by atoms with E-state index in [-0.39, 0.29) is 6.42 Å². The maximum atomic E-state index is 9.92. The Labute approximate surface area is 45.9 Å². The minimum atomic E-state index is -3.96. The normalized spacial score (nSPS) is 16.3. The molecule has 44 valence electrons. The van der Waals surface area contributed by atoms with Crippen molar-refractivity contribution in [2.75, 3.05) is 5.75 Å². The molecule has 0 aromatic rings. The van der Waals surface area contributed by atoms with Gasteiger partial charge >= 0.3 is 0 Å². The second kappa shape index (κ2) is 2.28. The van der Waals surface area contributed by atoms with Crippen LogP contribution in [0.15, 0.2) is 0 Å². The number of hydrogen-bond acceptors (Lipinski definition) is 2. The second-order valence-corrected chi connectivity index (χ2v) is 2.65. The lowest BCUT2D eigenvalue weighted by molar-refractivity contribution is 0.482. The summed E-state index contributed by atoms with van der Waals surface area (Å²) in [7, 11) is -3.96. The molecule has 0 bridgehead atoms. The van der Waals surface area contributed by atoms with Crippen LogP contribution in [0.2, 0.25) is 0 Å². The molecule has 1 N–H and O–H groups in total. The zero-order chi connectivity index (χ0) is 7.49. The molecule has 0 amide bonds. The maximum Gasteiger partial charge on any atom is 0.264 e. The molecule has 0 aliphatic carbocycles. The number of hydrogen-bond donors (Lipinski definition) is 1. The molecular weight excluding hydrogens is 116 g/mol. The summed E-state index contributed by atoms with van der Waals surface area (Å²) < 4.78 is 41.0.